The first-order valence-corrected chi connectivity index (χ1v) is 4.98. The van der Waals surface area contributed by atoms with Crippen LogP contribution in [0.1, 0.15) is 0 Å². The minimum Gasteiger partial charge on any atom is -0.493 e. The van der Waals surface area contributed by atoms with Gasteiger partial charge in [-0.05, 0) is 0 Å². The molecule has 1 aromatic heterocycles. The molecule has 0 amide bonds. The minimum absolute atomic E-state index is 0.143. The standard InChI is InChI=1S/C11H11NO6/c1-15-6-4-5-7(9(17-3)8(6)16-2)12-11(14)18-10(5)13/h4H,1-3H3,(H,12,14). The number of rotatable bonds is 3. The smallest absolute Gasteiger partial charge is 0.419 e. The van der Waals surface area contributed by atoms with Crippen molar-refractivity contribution in [3.8, 4) is 17.2 Å². The van der Waals surface area contributed by atoms with Gasteiger partial charge in [0.15, 0.2) is 11.5 Å². The molecule has 7 heteroatoms. The molecule has 2 rings (SSSR count). The second-order valence-electron chi connectivity index (χ2n) is 3.37. The molecular weight excluding hydrogens is 242 g/mol. The highest BCUT2D eigenvalue weighted by Gasteiger charge is 2.19. The summed E-state index contributed by atoms with van der Waals surface area (Å²) in [5.41, 5.74) is -0.565. The summed E-state index contributed by atoms with van der Waals surface area (Å²) >= 11 is 0. The molecular formula is C11H11NO6. The maximum absolute atomic E-state index is 11.6. The number of methoxy groups -OCH3 is 3. The van der Waals surface area contributed by atoms with Crippen molar-refractivity contribution in [2.24, 2.45) is 0 Å². The summed E-state index contributed by atoms with van der Waals surface area (Å²) in [6.07, 6.45) is 0. The number of H-pyrrole nitrogens is 1. The lowest BCUT2D eigenvalue weighted by molar-refractivity contribution is 0.326. The number of benzene rings is 1. The zero-order valence-electron chi connectivity index (χ0n) is 10.0. The maximum atomic E-state index is 11.6. The molecule has 0 aliphatic heterocycles. The SMILES string of the molecule is COc1cc2c(=O)oc(=O)[nH]c2c(OC)c1OC. The van der Waals surface area contributed by atoms with Gasteiger partial charge in [0.2, 0.25) is 5.75 Å². The highest BCUT2D eigenvalue weighted by molar-refractivity contribution is 5.88. The highest BCUT2D eigenvalue weighted by atomic mass is 16.5. The molecule has 2 aromatic rings. The van der Waals surface area contributed by atoms with E-state index < -0.39 is 11.4 Å². The Labute approximate surface area is 101 Å². The summed E-state index contributed by atoms with van der Waals surface area (Å²) in [6, 6.07) is 1.42. The zero-order valence-corrected chi connectivity index (χ0v) is 10.0. The average Bonchev–Trinajstić information content (AvgIpc) is 2.36. The molecule has 18 heavy (non-hydrogen) atoms. The number of nitrogens with one attached hydrogen (secondary N) is 1. The summed E-state index contributed by atoms with van der Waals surface area (Å²) in [4.78, 5) is 25.2. The third-order valence-electron chi connectivity index (χ3n) is 2.46. The van der Waals surface area contributed by atoms with Gasteiger partial charge in [-0.1, -0.05) is 0 Å². The quantitative estimate of drug-likeness (QED) is 0.856. The van der Waals surface area contributed by atoms with Crippen LogP contribution in [0.3, 0.4) is 0 Å². The lowest BCUT2D eigenvalue weighted by Gasteiger charge is -2.13. The van der Waals surface area contributed by atoms with Crippen LogP contribution < -0.4 is 25.6 Å². The van der Waals surface area contributed by atoms with Crippen LogP contribution >= 0.6 is 0 Å². The number of aromatic amines is 1. The van der Waals surface area contributed by atoms with Crippen molar-refractivity contribution in [2.75, 3.05) is 21.3 Å². The van der Waals surface area contributed by atoms with Gasteiger partial charge in [0.25, 0.3) is 0 Å². The van der Waals surface area contributed by atoms with Gasteiger partial charge in [0, 0.05) is 6.07 Å². The van der Waals surface area contributed by atoms with Crippen LogP contribution in [0.5, 0.6) is 17.2 Å². The third kappa shape index (κ3) is 1.69. The number of fused-ring (bicyclic) bond motifs is 1. The van der Waals surface area contributed by atoms with Crippen LogP contribution in [0, 0.1) is 0 Å². The molecule has 0 unspecified atom stereocenters. The molecule has 1 N–H and O–H groups in total. The van der Waals surface area contributed by atoms with Crippen LogP contribution in [-0.2, 0) is 0 Å². The molecule has 0 saturated heterocycles. The van der Waals surface area contributed by atoms with E-state index in [0.29, 0.717) is 5.75 Å². The summed E-state index contributed by atoms with van der Waals surface area (Å²) in [7, 11) is 4.25. The number of hydrogen-bond donors (Lipinski definition) is 1. The molecule has 0 radical (unpaired) electrons. The Morgan fingerprint density at radius 3 is 2.28 bits per heavy atom. The predicted octanol–water partition coefficient (Wildman–Crippen LogP) is 0.507. The Kier molecular flexibility index (Phi) is 2.97. The van der Waals surface area contributed by atoms with Gasteiger partial charge in [-0.25, -0.2) is 9.59 Å². The van der Waals surface area contributed by atoms with Crippen molar-refractivity contribution in [3.63, 3.8) is 0 Å². The largest absolute Gasteiger partial charge is 0.493 e. The fourth-order valence-electron chi connectivity index (χ4n) is 1.71. The summed E-state index contributed by atoms with van der Waals surface area (Å²) < 4.78 is 19.8. The van der Waals surface area contributed by atoms with E-state index in [1.165, 1.54) is 27.4 Å². The average molecular weight is 253 g/mol. The maximum Gasteiger partial charge on any atom is 0.419 e. The first kappa shape index (κ1) is 12.0. The summed E-state index contributed by atoms with van der Waals surface area (Å²) in [5, 5.41) is 0.143. The molecule has 96 valence electrons. The predicted molar refractivity (Wildman–Crippen MR) is 62.8 cm³/mol. The van der Waals surface area contributed by atoms with Crippen LogP contribution in [0.4, 0.5) is 0 Å². The fourth-order valence-corrected chi connectivity index (χ4v) is 1.71. The molecule has 0 aliphatic rings. The van der Waals surface area contributed by atoms with Gasteiger partial charge in [-0.2, -0.15) is 0 Å². The fraction of sp³-hybridized carbons (Fsp3) is 0.273. The van der Waals surface area contributed by atoms with Crippen molar-refractivity contribution in [1.29, 1.82) is 0 Å². The van der Waals surface area contributed by atoms with Gasteiger partial charge >= 0.3 is 11.4 Å². The van der Waals surface area contributed by atoms with E-state index in [9.17, 15) is 9.59 Å². The van der Waals surface area contributed by atoms with E-state index in [-0.39, 0.29) is 22.4 Å². The van der Waals surface area contributed by atoms with Crippen molar-refractivity contribution in [3.05, 3.63) is 27.0 Å². The topological polar surface area (TPSA) is 90.8 Å². The van der Waals surface area contributed by atoms with E-state index in [1.54, 1.807) is 0 Å². The molecule has 0 fully saturated rings. The molecule has 1 heterocycles. The first-order valence-electron chi connectivity index (χ1n) is 4.98. The Bertz CT molecular complexity index is 699. The van der Waals surface area contributed by atoms with Crippen molar-refractivity contribution < 1.29 is 18.6 Å². The Balaban J connectivity index is 3.01. The molecule has 7 nitrogen and oxygen atoms in total. The van der Waals surface area contributed by atoms with Crippen molar-refractivity contribution in [1.82, 2.24) is 4.98 Å². The third-order valence-corrected chi connectivity index (χ3v) is 2.46. The summed E-state index contributed by atoms with van der Waals surface area (Å²) in [5.74, 6) is -0.0650. The molecule has 1 aromatic carbocycles. The van der Waals surface area contributed by atoms with E-state index in [0.717, 1.165) is 0 Å². The van der Waals surface area contributed by atoms with E-state index in [2.05, 4.69) is 9.40 Å². The van der Waals surface area contributed by atoms with Crippen molar-refractivity contribution in [2.45, 2.75) is 0 Å². The van der Waals surface area contributed by atoms with Gasteiger partial charge < -0.3 is 18.6 Å². The highest BCUT2D eigenvalue weighted by Crippen LogP contribution is 2.41. The number of hydrogen-bond acceptors (Lipinski definition) is 6. The van der Waals surface area contributed by atoms with E-state index >= 15 is 0 Å². The monoisotopic (exact) mass is 253 g/mol. The first-order chi connectivity index (χ1) is 8.62. The van der Waals surface area contributed by atoms with Gasteiger partial charge in [-0.15, -0.1) is 0 Å². The van der Waals surface area contributed by atoms with Crippen LogP contribution in [0.15, 0.2) is 20.1 Å². The molecule has 0 spiro atoms. The Hall–Kier alpha value is -2.44. The second-order valence-corrected chi connectivity index (χ2v) is 3.37. The lowest BCUT2D eigenvalue weighted by atomic mass is 10.2. The minimum atomic E-state index is -0.863. The van der Waals surface area contributed by atoms with Gasteiger partial charge in [0.1, 0.15) is 5.52 Å². The molecule has 0 bridgehead atoms. The molecule has 0 saturated carbocycles. The van der Waals surface area contributed by atoms with Crippen LogP contribution in [0.25, 0.3) is 10.9 Å². The Morgan fingerprint density at radius 2 is 1.72 bits per heavy atom. The van der Waals surface area contributed by atoms with E-state index in [4.69, 9.17) is 14.2 Å². The lowest BCUT2D eigenvalue weighted by Crippen LogP contribution is -2.15. The van der Waals surface area contributed by atoms with Gasteiger partial charge in [0.05, 0.1) is 26.7 Å². The van der Waals surface area contributed by atoms with Crippen LogP contribution in [0.2, 0.25) is 0 Å². The Morgan fingerprint density at radius 1 is 1.06 bits per heavy atom. The van der Waals surface area contributed by atoms with Crippen LogP contribution in [-0.4, -0.2) is 26.3 Å². The summed E-state index contributed by atoms with van der Waals surface area (Å²) in [6.45, 7) is 0. The second kappa shape index (κ2) is 4.44. The molecule has 0 atom stereocenters. The molecule has 0 aliphatic carbocycles. The zero-order chi connectivity index (χ0) is 13.3. The number of ether oxygens (including phenoxy) is 3. The number of aromatic nitrogens is 1. The van der Waals surface area contributed by atoms with Crippen molar-refractivity contribution >= 4 is 10.9 Å². The normalized spacial score (nSPS) is 10.4. The van der Waals surface area contributed by atoms with Gasteiger partial charge in [-0.3, -0.25) is 4.98 Å². The van der Waals surface area contributed by atoms with E-state index in [1.807, 2.05) is 0 Å².